The molecule has 0 atom stereocenters. The fourth-order valence-corrected chi connectivity index (χ4v) is 7.94. The number of hydrogen-bond donors (Lipinski definition) is 0. The molecule has 56 heavy (non-hydrogen) atoms. The van der Waals surface area contributed by atoms with Crippen molar-refractivity contribution in [2.24, 2.45) is 0 Å². The first-order valence-electron chi connectivity index (χ1n) is 13.9. The molecule has 6 aromatic carbocycles. The van der Waals surface area contributed by atoms with E-state index in [9.17, 15) is 61.5 Å². The van der Waals surface area contributed by atoms with Crippen LogP contribution in [-0.2, 0) is 0 Å². The predicted octanol–water partition coefficient (Wildman–Crippen LogP) is 8.03. The molecule has 0 aromatic heterocycles. The first-order valence-corrected chi connectivity index (χ1v) is 15.9. The molecule has 0 aliphatic heterocycles. The summed E-state index contributed by atoms with van der Waals surface area (Å²) >= 11 is 0. The third kappa shape index (κ3) is 5.45. The molecule has 0 bridgehead atoms. The van der Waals surface area contributed by atoms with Gasteiger partial charge in [-0.2, -0.15) is 0 Å². The van der Waals surface area contributed by atoms with Gasteiger partial charge >= 0.3 is 0 Å². The van der Waals surface area contributed by atoms with Gasteiger partial charge in [-0.3, -0.25) is 0 Å². The Morgan fingerprint density at radius 3 is 0.571 bits per heavy atom. The zero-order valence-electron chi connectivity index (χ0n) is 25.3. The monoisotopic (exact) mass is 858 g/mol. The molecule has 0 saturated heterocycles. The maximum atomic E-state index is 15.3. The smallest absolute Gasteiger partial charge is 0.198 e. The highest BCUT2D eigenvalue weighted by molar-refractivity contribution is 6.70. The minimum atomic E-state index is -3.07. The van der Waals surface area contributed by atoms with E-state index in [0.29, 0.717) is 0 Å². The minimum Gasteiger partial charge on any atom is -0.204 e. The molecule has 24 heteroatoms. The summed E-state index contributed by atoms with van der Waals surface area (Å²) < 4.78 is 323. The zero-order valence-corrected chi connectivity index (χ0v) is 27.3. The van der Waals surface area contributed by atoms with Crippen molar-refractivity contribution < 1.29 is 96.6 Å². The summed E-state index contributed by atoms with van der Waals surface area (Å²) in [5.74, 6) is -62.8. The molecule has 0 heterocycles. The highest BCUT2D eigenvalue weighted by Gasteiger charge is 2.38. The van der Waals surface area contributed by atoms with Crippen molar-refractivity contribution in [3.05, 3.63) is 128 Å². The summed E-state index contributed by atoms with van der Waals surface area (Å²) in [5, 5.41) is -17.2. The second-order valence-corrected chi connectivity index (χ2v) is 13.4. The van der Waals surface area contributed by atoms with Gasteiger partial charge in [0, 0.05) is 21.1 Å². The van der Waals surface area contributed by atoms with Crippen molar-refractivity contribution in [2.75, 3.05) is 0 Å². The van der Waals surface area contributed by atoms with Crippen LogP contribution in [0, 0.1) is 128 Å². The van der Waals surface area contributed by atoms with Crippen molar-refractivity contribution in [3.8, 4) is 11.1 Å². The lowest BCUT2D eigenvalue weighted by atomic mass is 10.0. The summed E-state index contributed by atoms with van der Waals surface area (Å²) in [5.41, 5.74) is -5.43. The molecule has 0 nitrogen and oxygen atoms in total. The van der Waals surface area contributed by atoms with Crippen LogP contribution in [0.25, 0.3) is 32.7 Å². The van der Waals surface area contributed by atoms with Gasteiger partial charge in [0.05, 0.1) is 21.9 Å². The predicted molar refractivity (Wildman–Crippen MR) is 149 cm³/mol. The molecule has 6 rings (SSSR count). The number of rotatable bonds is 5. The van der Waals surface area contributed by atoms with Crippen molar-refractivity contribution in [3.63, 3.8) is 0 Å². The SMILES string of the molecule is Fc1c(F)c(-c2c(F)c(F)c([Si]c3c(F)c(F)c(F)c4c(F)c(F)c(F)c(F)c34)c(F)c2F)c(F)c(F)c1[Si]c1c(F)c(F)c(F)c2c(F)c(F)c(F)c(F)c12. The summed E-state index contributed by atoms with van der Waals surface area (Å²) in [6, 6.07) is 0. The molecular formula is C32F22Si2. The third-order valence-corrected chi connectivity index (χ3v) is 10.8. The molecular weight excluding hydrogens is 858 g/mol. The van der Waals surface area contributed by atoms with Crippen molar-refractivity contribution in [1.82, 2.24) is 0 Å². The average molecular weight is 858 g/mol. The zero-order chi connectivity index (χ0) is 41.9. The lowest BCUT2D eigenvalue weighted by molar-refractivity contribution is 0.411. The molecule has 0 aliphatic rings. The van der Waals surface area contributed by atoms with E-state index in [1.165, 1.54) is 0 Å². The Balaban J connectivity index is 1.56. The summed E-state index contributed by atoms with van der Waals surface area (Å²) in [4.78, 5) is 0. The quantitative estimate of drug-likeness (QED) is 0.0714. The number of halogens is 22. The maximum Gasteiger partial charge on any atom is 0.198 e. The molecule has 6 aromatic rings. The Hall–Kier alpha value is -5.27. The van der Waals surface area contributed by atoms with Crippen molar-refractivity contribution in [2.45, 2.75) is 0 Å². The van der Waals surface area contributed by atoms with Gasteiger partial charge in [-0.1, -0.05) is 0 Å². The van der Waals surface area contributed by atoms with E-state index in [4.69, 9.17) is 0 Å². The van der Waals surface area contributed by atoms with E-state index < -0.39 is 200 Å². The summed E-state index contributed by atoms with van der Waals surface area (Å²) in [6.07, 6.45) is 0. The number of hydrogen-bond acceptors (Lipinski definition) is 0. The van der Waals surface area contributed by atoms with E-state index in [1.807, 2.05) is 0 Å². The Kier molecular flexibility index (Phi) is 9.91. The fraction of sp³-hybridized carbons (Fsp3) is 0. The standard InChI is InChI=1S/C32F22Si2/c33-7-3-5(15(41)19(45)17(7)43)29(27(53)21(47)9(3)35)55-31-23(49)11(37)1(12(38)24(31)50)2-13(39)25(51)32(26(52)14(2)40)56-30-6-4(10(36)22(48)28(30)54)8(34)18(44)20(46)16(6)42. The highest BCUT2D eigenvalue weighted by atomic mass is 28.2. The molecule has 0 fully saturated rings. The van der Waals surface area contributed by atoms with E-state index in [1.54, 1.807) is 0 Å². The van der Waals surface area contributed by atoms with Crippen LogP contribution >= 0.6 is 0 Å². The van der Waals surface area contributed by atoms with Crippen LogP contribution in [0.5, 0.6) is 0 Å². The van der Waals surface area contributed by atoms with E-state index in [0.717, 1.165) is 0 Å². The molecule has 0 unspecified atom stereocenters. The molecule has 0 saturated carbocycles. The highest BCUT2D eigenvalue weighted by Crippen LogP contribution is 2.36. The Bertz CT molecular complexity index is 2520. The second-order valence-electron chi connectivity index (χ2n) is 10.9. The summed E-state index contributed by atoms with van der Waals surface area (Å²) in [6.45, 7) is 0. The molecule has 290 valence electrons. The third-order valence-electron chi connectivity index (χ3n) is 7.96. The topological polar surface area (TPSA) is 0 Å². The number of benzene rings is 6. The average Bonchev–Trinajstić information content (AvgIpc) is 3.16. The van der Waals surface area contributed by atoms with Crippen LogP contribution in [0.4, 0.5) is 96.6 Å². The Morgan fingerprint density at radius 2 is 0.339 bits per heavy atom. The Labute approximate surface area is 297 Å². The van der Waals surface area contributed by atoms with Gasteiger partial charge < -0.3 is 0 Å². The van der Waals surface area contributed by atoms with Crippen LogP contribution in [0.1, 0.15) is 0 Å². The largest absolute Gasteiger partial charge is 0.204 e. The van der Waals surface area contributed by atoms with Crippen molar-refractivity contribution >= 4 is 61.3 Å². The minimum absolute atomic E-state index is 2.02. The summed E-state index contributed by atoms with van der Waals surface area (Å²) in [7, 11) is -5.27. The van der Waals surface area contributed by atoms with Gasteiger partial charge in [0.2, 0.25) is 0 Å². The van der Waals surface area contributed by atoms with E-state index in [-0.39, 0.29) is 0 Å². The molecule has 0 N–H and O–H groups in total. The van der Waals surface area contributed by atoms with Crippen LogP contribution in [0.2, 0.25) is 0 Å². The van der Waals surface area contributed by atoms with Gasteiger partial charge in [0.15, 0.2) is 128 Å². The van der Waals surface area contributed by atoms with Gasteiger partial charge in [-0.25, -0.2) is 96.6 Å². The maximum absolute atomic E-state index is 15.3. The molecule has 0 amide bonds. The molecule has 0 spiro atoms. The van der Waals surface area contributed by atoms with Gasteiger partial charge in [-0.15, -0.1) is 0 Å². The van der Waals surface area contributed by atoms with Crippen LogP contribution in [0.3, 0.4) is 0 Å². The fourth-order valence-electron chi connectivity index (χ4n) is 5.40. The van der Waals surface area contributed by atoms with Crippen molar-refractivity contribution in [1.29, 1.82) is 0 Å². The first-order chi connectivity index (χ1) is 26.0. The van der Waals surface area contributed by atoms with Gasteiger partial charge in [0.25, 0.3) is 0 Å². The normalized spacial score (nSPS) is 11.9. The lowest BCUT2D eigenvalue weighted by Crippen LogP contribution is -2.39. The van der Waals surface area contributed by atoms with Crippen LogP contribution in [0.15, 0.2) is 0 Å². The Morgan fingerprint density at radius 1 is 0.161 bits per heavy atom. The second kappa shape index (κ2) is 13.7. The van der Waals surface area contributed by atoms with Crippen LogP contribution in [-0.4, -0.2) is 19.0 Å². The van der Waals surface area contributed by atoms with Gasteiger partial charge in [-0.05, 0) is 10.4 Å². The van der Waals surface area contributed by atoms with E-state index in [2.05, 4.69) is 0 Å². The van der Waals surface area contributed by atoms with E-state index >= 15 is 35.1 Å². The van der Waals surface area contributed by atoms with Crippen LogP contribution < -0.4 is 20.7 Å². The molecule has 0 aliphatic carbocycles. The lowest BCUT2D eigenvalue weighted by Gasteiger charge is -2.17. The first kappa shape index (κ1) is 40.4. The number of fused-ring (bicyclic) bond motifs is 2. The molecule has 4 radical (unpaired) electrons. The van der Waals surface area contributed by atoms with Gasteiger partial charge in [0.1, 0.15) is 19.0 Å².